The van der Waals surface area contributed by atoms with Crippen LogP contribution in [0.25, 0.3) is 0 Å². The minimum atomic E-state index is -0.637. The van der Waals surface area contributed by atoms with Crippen molar-refractivity contribution in [1.29, 1.82) is 5.26 Å². The third-order valence-electron chi connectivity index (χ3n) is 4.79. The third kappa shape index (κ3) is 2.96. The monoisotopic (exact) mass is 393 g/mol. The Morgan fingerprint density at radius 2 is 2.04 bits per heavy atom. The molecule has 1 aliphatic rings. The summed E-state index contributed by atoms with van der Waals surface area (Å²) in [6.07, 6.45) is 1.56. The average molecular weight is 394 g/mol. The Hall–Kier alpha value is -3.43. The van der Waals surface area contributed by atoms with Crippen LogP contribution in [0.5, 0.6) is 5.75 Å². The zero-order chi connectivity index (χ0) is 19.8. The van der Waals surface area contributed by atoms with Crippen LogP contribution >= 0.6 is 11.6 Å². The second-order valence-corrected chi connectivity index (χ2v) is 6.95. The van der Waals surface area contributed by atoms with Gasteiger partial charge in [-0.3, -0.25) is 4.79 Å². The number of hydrogen-bond acceptors (Lipinski definition) is 5. The van der Waals surface area contributed by atoms with E-state index in [0.717, 1.165) is 5.56 Å². The maximum Gasteiger partial charge on any atom is 0.259 e. The molecule has 6 nitrogen and oxygen atoms in total. The van der Waals surface area contributed by atoms with Crippen molar-refractivity contribution >= 4 is 11.6 Å². The molecule has 2 N–H and O–H groups in total. The van der Waals surface area contributed by atoms with Crippen LogP contribution in [0.1, 0.15) is 28.5 Å². The second-order valence-electron chi connectivity index (χ2n) is 6.51. The fourth-order valence-electron chi connectivity index (χ4n) is 3.43. The molecule has 0 spiro atoms. The van der Waals surface area contributed by atoms with Gasteiger partial charge in [0.05, 0.1) is 24.3 Å². The average Bonchev–Trinajstić information content (AvgIpc) is 3.18. The van der Waals surface area contributed by atoms with E-state index in [9.17, 15) is 10.1 Å². The van der Waals surface area contributed by atoms with Gasteiger partial charge in [0.25, 0.3) is 5.56 Å². The topological polar surface area (TPSA) is 94.2 Å². The van der Waals surface area contributed by atoms with Crippen LogP contribution < -0.4 is 16.0 Å². The summed E-state index contributed by atoms with van der Waals surface area (Å²) < 4.78 is 12.6. The number of nitrogens with two attached hydrogens (primary N) is 1. The number of fused-ring (bicyclic) bond motifs is 1. The first-order chi connectivity index (χ1) is 13.5. The highest BCUT2D eigenvalue weighted by Crippen LogP contribution is 2.40. The van der Waals surface area contributed by atoms with Crippen molar-refractivity contribution in [2.24, 2.45) is 5.73 Å². The van der Waals surface area contributed by atoms with Crippen molar-refractivity contribution in [3.8, 4) is 11.8 Å². The molecule has 0 amide bonds. The molecule has 0 fully saturated rings. The molecule has 2 aromatic heterocycles. The van der Waals surface area contributed by atoms with E-state index in [4.69, 9.17) is 26.5 Å². The maximum atomic E-state index is 13.4. The van der Waals surface area contributed by atoms with E-state index in [2.05, 4.69) is 6.07 Å². The van der Waals surface area contributed by atoms with Crippen LogP contribution in [0.15, 0.2) is 69.4 Å². The molecule has 140 valence electrons. The van der Waals surface area contributed by atoms with Gasteiger partial charge in [0.2, 0.25) is 5.88 Å². The predicted octanol–water partition coefficient (Wildman–Crippen LogP) is 3.67. The lowest BCUT2D eigenvalue weighted by atomic mass is 9.84. The number of nitriles is 1. The van der Waals surface area contributed by atoms with Gasteiger partial charge in [-0.15, -0.1) is 0 Å². The fourth-order valence-corrected chi connectivity index (χ4v) is 3.56. The number of aromatic nitrogens is 1. The van der Waals surface area contributed by atoms with Crippen molar-refractivity contribution in [2.75, 3.05) is 0 Å². The lowest BCUT2D eigenvalue weighted by Crippen LogP contribution is -2.33. The minimum Gasteiger partial charge on any atom is -0.467 e. The van der Waals surface area contributed by atoms with Gasteiger partial charge in [0.15, 0.2) is 0 Å². The standard InChI is InChI=1S/C21H16ClN3O3/c1-12-9-17-19(21(26)25(12)11-15-3-2-8-27-15)18(16(10-23)20(24)28-17)13-4-6-14(22)7-5-13/h2-9,18H,11,24H2,1H3/t18-/m0/s1. The molecule has 3 heterocycles. The lowest BCUT2D eigenvalue weighted by Gasteiger charge is -2.27. The quantitative estimate of drug-likeness (QED) is 0.732. The number of ether oxygens (including phenoxy) is 1. The highest BCUT2D eigenvalue weighted by atomic mass is 35.5. The summed E-state index contributed by atoms with van der Waals surface area (Å²) in [6, 6.07) is 14.4. The first-order valence-corrected chi connectivity index (χ1v) is 8.97. The molecule has 0 saturated heterocycles. The molecule has 1 atom stereocenters. The van der Waals surface area contributed by atoms with Gasteiger partial charge in [0.1, 0.15) is 23.2 Å². The fraction of sp³-hybridized carbons (Fsp3) is 0.143. The number of furan rings is 1. The zero-order valence-electron chi connectivity index (χ0n) is 15.0. The zero-order valence-corrected chi connectivity index (χ0v) is 15.7. The summed E-state index contributed by atoms with van der Waals surface area (Å²) in [5.74, 6) is 0.370. The summed E-state index contributed by atoms with van der Waals surface area (Å²) in [5, 5.41) is 10.2. The van der Waals surface area contributed by atoms with Crippen molar-refractivity contribution in [3.63, 3.8) is 0 Å². The molecule has 0 unspecified atom stereocenters. The van der Waals surface area contributed by atoms with Crippen molar-refractivity contribution in [2.45, 2.75) is 19.4 Å². The van der Waals surface area contributed by atoms with Gasteiger partial charge in [-0.2, -0.15) is 5.26 Å². The molecule has 28 heavy (non-hydrogen) atoms. The predicted molar refractivity (Wildman–Crippen MR) is 104 cm³/mol. The molecule has 7 heteroatoms. The van der Waals surface area contributed by atoms with Gasteiger partial charge < -0.3 is 19.5 Å². The number of hydrogen-bond donors (Lipinski definition) is 1. The van der Waals surface area contributed by atoms with Gasteiger partial charge >= 0.3 is 0 Å². The molecule has 3 aromatic rings. The van der Waals surface area contributed by atoms with Crippen LogP contribution in [0.2, 0.25) is 5.02 Å². The second kappa shape index (κ2) is 6.95. The number of halogens is 1. The number of rotatable bonds is 3. The van der Waals surface area contributed by atoms with E-state index in [-0.39, 0.29) is 23.6 Å². The van der Waals surface area contributed by atoms with E-state index in [0.29, 0.717) is 27.8 Å². The van der Waals surface area contributed by atoms with Crippen molar-refractivity contribution in [3.05, 3.63) is 98.1 Å². The van der Waals surface area contributed by atoms with Crippen molar-refractivity contribution < 1.29 is 9.15 Å². The van der Waals surface area contributed by atoms with Gasteiger partial charge in [-0.25, -0.2) is 0 Å². The summed E-state index contributed by atoms with van der Waals surface area (Å²) in [6.45, 7) is 2.09. The highest BCUT2D eigenvalue weighted by molar-refractivity contribution is 6.30. The normalized spacial score (nSPS) is 15.7. The molecule has 1 aliphatic heterocycles. The first kappa shape index (κ1) is 18.0. The molecule has 1 aromatic carbocycles. The van der Waals surface area contributed by atoms with Gasteiger partial charge in [0, 0.05) is 16.8 Å². The molecule has 4 rings (SSSR count). The summed E-state index contributed by atoms with van der Waals surface area (Å²) in [7, 11) is 0. The van der Waals surface area contributed by atoms with Crippen LogP contribution in [0.3, 0.4) is 0 Å². The van der Waals surface area contributed by atoms with E-state index in [1.54, 1.807) is 53.3 Å². The lowest BCUT2D eigenvalue weighted by molar-refractivity contribution is 0.387. The third-order valence-corrected chi connectivity index (χ3v) is 5.04. The summed E-state index contributed by atoms with van der Waals surface area (Å²) >= 11 is 6.00. The SMILES string of the molecule is Cc1cc2c(c(=O)n1Cc1ccco1)[C@@H](c1ccc(Cl)cc1)C(C#N)=C(N)O2. The molecule has 0 radical (unpaired) electrons. The molecule has 0 saturated carbocycles. The van der Waals surface area contributed by atoms with E-state index < -0.39 is 5.92 Å². The van der Waals surface area contributed by atoms with Crippen molar-refractivity contribution in [1.82, 2.24) is 4.57 Å². The van der Waals surface area contributed by atoms with E-state index in [1.165, 1.54) is 0 Å². The van der Waals surface area contributed by atoms with Gasteiger partial charge in [-0.1, -0.05) is 23.7 Å². The van der Waals surface area contributed by atoms with Crippen LogP contribution in [0.4, 0.5) is 0 Å². The Morgan fingerprint density at radius 1 is 1.29 bits per heavy atom. The highest BCUT2D eigenvalue weighted by Gasteiger charge is 2.34. The first-order valence-electron chi connectivity index (χ1n) is 8.59. The Kier molecular flexibility index (Phi) is 4.46. The Morgan fingerprint density at radius 3 is 2.68 bits per heavy atom. The minimum absolute atomic E-state index is 0.00228. The Labute approximate surface area is 166 Å². The van der Waals surface area contributed by atoms with Crippen LogP contribution in [0, 0.1) is 18.3 Å². The molecular weight excluding hydrogens is 378 g/mol. The number of pyridine rings is 1. The Bertz CT molecular complexity index is 1170. The van der Waals surface area contributed by atoms with E-state index in [1.807, 2.05) is 6.92 Å². The number of allylic oxidation sites excluding steroid dienone is 1. The van der Waals surface area contributed by atoms with Gasteiger partial charge in [-0.05, 0) is 36.8 Å². The smallest absolute Gasteiger partial charge is 0.259 e. The number of nitrogens with zero attached hydrogens (tertiary/aromatic N) is 2. The Balaban J connectivity index is 1.94. The maximum absolute atomic E-state index is 13.4. The summed E-state index contributed by atoms with van der Waals surface area (Å²) in [5.41, 5.74) is 7.73. The molecule has 0 aliphatic carbocycles. The molecular formula is C21H16ClN3O3. The number of benzene rings is 1. The number of aryl methyl sites for hydroxylation is 1. The molecule has 0 bridgehead atoms. The van der Waals surface area contributed by atoms with E-state index >= 15 is 0 Å². The largest absolute Gasteiger partial charge is 0.467 e. The van der Waals surface area contributed by atoms with Crippen LogP contribution in [-0.4, -0.2) is 4.57 Å². The van der Waals surface area contributed by atoms with Crippen LogP contribution in [-0.2, 0) is 6.54 Å². The summed E-state index contributed by atoms with van der Waals surface area (Å²) in [4.78, 5) is 13.4.